The molecule has 0 aliphatic carbocycles. The van der Waals surface area contributed by atoms with E-state index in [0.29, 0.717) is 5.16 Å². The molecule has 1 rings (SSSR count). The monoisotopic (exact) mass is 170 g/mol. The summed E-state index contributed by atoms with van der Waals surface area (Å²) < 4.78 is 12.3. The van der Waals surface area contributed by atoms with Crippen LogP contribution in [0, 0.1) is 11.3 Å². The van der Waals surface area contributed by atoms with Gasteiger partial charge in [0, 0.05) is 6.26 Å². The fourth-order valence-corrected chi connectivity index (χ4v) is 1.26. The van der Waals surface area contributed by atoms with Crippen LogP contribution in [-0.2, 0) is 17.3 Å². The third-order valence-corrected chi connectivity index (χ3v) is 1.91. The van der Waals surface area contributed by atoms with E-state index in [-0.39, 0.29) is 6.54 Å². The van der Waals surface area contributed by atoms with E-state index >= 15 is 0 Å². The molecule has 1 aromatic heterocycles. The molecular formula is C5H6N4OS. The standard InChI is InChI=1S/C5H6N4OS/c1-11(10)5-8-7-4-9(5)3-2-6/h4H,3H2,1H3. The summed E-state index contributed by atoms with van der Waals surface area (Å²) in [6.45, 7) is 0.141. The molecule has 0 fully saturated rings. The lowest BCUT2D eigenvalue weighted by molar-refractivity contribution is 0.659. The molecule has 0 N–H and O–H groups in total. The van der Waals surface area contributed by atoms with Crippen molar-refractivity contribution in [1.29, 1.82) is 5.26 Å². The van der Waals surface area contributed by atoms with Crippen LogP contribution >= 0.6 is 0 Å². The van der Waals surface area contributed by atoms with Crippen LogP contribution in [0.15, 0.2) is 11.5 Å². The zero-order chi connectivity index (χ0) is 8.27. The Morgan fingerprint density at radius 3 is 3.18 bits per heavy atom. The molecule has 0 aliphatic heterocycles. The van der Waals surface area contributed by atoms with E-state index in [1.807, 2.05) is 6.07 Å². The fraction of sp³-hybridized carbons (Fsp3) is 0.400. The van der Waals surface area contributed by atoms with Crippen LogP contribution in [0.25, 0.3) is 0 Å². The summed E-state index contributed by atoms with van der Waals surface area (Å²) in [5.74, 6) is 0. The van der Waals surface area contributed by atoms with E-state index in [2.05, 4.69) is 10.2 Å². The minimum absolute atomic E-state index is 0.141. The second kappa shape index (κ2) is 3.25. The summed E-state index contributed by atoms with van der Waals surface area (Å²) in [6.07, 6.45) is 2.89. The van der Waals surface area contributed by atoms with Gasteiger partial charge in [0.2, 0.25) is 5.16 Å². The van der Waals surface area contributed by atoms with Gasteiger partial charge >= 0.3 is 0 Å². The molecule has 0 bridgehead atoms. The van der Waals surface area contributed by atoms with Crippen molar-refractivity contribution in [1.82, 2.24) is 14.8 Å². The molecule has 58 valence electrons. The summed E-state index contributed by atoms with van der Waals surface area (Å²) in [4.78, 5) is 0. The van der Waals surface area contributed by atoms with Gasteiger partial charge in [-0.3, -0.25) is 8.78 Å². The zero-order valence-corrected chi connectivity index (χ0v) is 6.71. The molecule has 5 nitrogen and oxygen atoms in total. The van der Waals surface area contributed by atoms with Gasteiger partial charge in [-0.2, -0.15) is 5.26 Å². The van der Waals surface area contributed by atoms with E-state index in [9.17, 15) is 4.21 Å². The molecule has 1 aromatic rings. The van der Waals surface area contributed by atoms with Gasteiger partial charge in [0.1, 0.15) is 12.9 Å². The molecule has 0 aromatic carbocycles. The summed E-state index contributed by atoms with van der Waals surface area (Å²) >= 11 is 0. The smallest absolute Gasteiger partial charge is 0.222 e. The van der Waals surface area contributed by atoms with Gasteiger partial charge in [0.15, 0.2) is 0 Å². The van der Waals surface area contributed by atoms with Crippen molar-refractivity contribution in [2.75, 3.05) is 6.26 Å². The van der Waals surface area contributed by atoms with Crippen molar-refractivity contribution in [3.05, 3.63) is 6.33 Å². The highest BCUT2D eigenvalue weighted by Gasteiger charge is 2.05. The first-order chi connectivity index (χ1) is 5.25. The van der Waals surface area contributed by atoms with Gasteiger partial charge in [0.25, 0.3) is 0 Å². The summed E-state index contributed by atoms with van der Waals surface area (Å²) in [5.41, 5.74) is 0. The van der Waals surface area contributed by atoms with Crippen LogP contribution in [-0.4, -0.2) is 25.2 Å². The number of aromatic nitrogens is 3. The van der Waals surface area contributed by atoms with Crippen molar-refractivity contribution in [3.8, 4) is 6.07 Å². The van der Waals surface area contributed by atoms with Crippen molar-refractivity contribution in [2.24, 2.45) is 0 Å². The second-order valence-corrected chi connectivity index (χ2v) is 3.13. The number of nitrogens with zero attached hydrogens (tertiary/aromatic N) is 4. The van der Waals surface area contributed by atoms with E-state index in [1.165, 1.54) is 17.2 Å². The Morgan fingerprint density at radius 1 is 1.91 bits per heavy atom. The maximum absolute atomic E-state index is 10.9. The molecule has 1 atom stereocenters. The van der Waals surface area contributed by atoms with Gasteiger partial charge in [-0.1, -0.05) is 0 Å². The first-order valence-corrected chi connectivity index (χ1v) is 4.39. The van der Waals surface area contributed by atoms with Crippen LogP contribution in [0.2, 0.25) is 0 Å². The minimum Gasteiger partial charge on any atom is -0.293 e. The normalized spacial score (nSPS) is 12.4. The van der Waals surface area contributed by atoms with Crippen LogP contribution < -0.4 is 0 Å². The number of hydrogen-bond donors (Lipinski definition) is 0. The quantitative estimate of drug-likeness (QED) is 0.602. The first kappa shape index (κ1) is 7.88. The lowest BCUT2D eigenvalue weighted by Gasteiger charge is -1.95. The molecule has 6 heteroatoms. The molecule has 0 saturated heterocycles. The summed E-state index contributed by atoms with van der Waals surface area (Å²) in [5, 5.41) is 15.8. The Kier molecular flexibility index (Phi) is 2.33. The molecule has 0 radical (unpaired) electrons. The molecule has 1 unspecified atom stereocenters. The maximum atomic E-state index is 10.9. The van der Waals surface area contributed by atoms with Gasteiger partial charge < -0.3 is 0 Å². The highest BCUT2D eigenvalue weighted by molar-refractivity contribution is 7.84. The van der Waals surface area contributed by atoms with E-state index in [1.54, 1.807) is 0 Å². The lowest BCUT2D eigenvalue weighted by Crippen LogP contribution is -2.02. The van der Waals surface area contributed by atoms with Crippen molar-refractivity contribution < 1.29 is 4.21 Å². The largest absolute Gasteiger partial charge is 0.293 e. The summed E-state index contributed by atoms with van der Waals surface area (Å²) in [7, 11) is -1.17. The van der Waals surface area contributed by atoms with Crippen LogP contribution in [0.3, 0.4) is 0 Å². The molecule has 0 aliphatic rings. The Labute approximate surface area is 66.1 Å². The number of nitriles is 1. The minimum atomic E-state index is -1.17. The molecule has 0 amide bonds. The second-order valence-electron chi connectivity index (χ2n) is 1.85. The van der Waals surface area contributed by atoms with E-state index < -0.39 is 10.8 Å². The average molecular weight is 170 g/mol. The van der Waals surface area contributed by atoms with Crippen LogP contribution in [0.4, 0.5) is 0 Å². The first-order valence-electron chi connectivity index (χ1n) is 2.84. The number of hydrogen-bond acceptors (Lipinski definition) is 4. The van der Waals surface area contributed by atoms with E-state index in [4.69, 9.17) is 5.26 Å². The Hall–Kier alpha value is -1.22. The van der Waals surface area contributed by atoms with Crippen LogP contribution in [0.5, 0.6) is 0 Å². The summed E-state index contributed by atoms with van der Waals surface area (Å²) in [6, 6.07) is 1.91. The molecule has 11 heavy (non-hydrogen) atoms. The van der Waals surface area contributed by atoms with Crippen molar-refractivity contribution in [2.45, 2.75) is 11.7 Å². The maximum Gasteiger partial charge on any atom is 0.222 e. The SMILES string of the molecule is CS(=O)c1nncn1CC#N. The van der Waals surface area contributed by atoms with Gasteiger partial charge in [-0.25, -0.2) is 0 Å². The molecule has 0 spiro atoms. The van der Waals surface area contributed by atoms with Gasteiger partial charge in [-0.05, 0) is 0 Å². The Bertz CT molecular complexity index is 313. The third kappa shape index (κ3) is 1.62. The average Bonchev–Trinajstić information content (AvgIpc) is 2.36. The molecule has 1 heterocycles. The Balaban J connectivity index is 2.98. The van der Waals surface area contributed by atoms with Crippen molar-refractivity contribution in [3.63, 3.8) is 0 Å². The van der Waals surface area contributed by atoms with Gasteiger partial charge in [-0.15, -0.1) is 10.2 Å². The zero-order valence-electron chi connectivity index (χ0n) is 5.89. The fourth-order valence-electron chi connectivity index (χ4n) is 0.652. The highest BCUT2D eigenvalue weighted by atomic mass is 32.2. The lowest BCUT2D eigenvalue weighted by atomic mass is 10.7. The molecular weight excluding hydrogens is 164 g/mol. The predicted octanol–water partition coefficient (Wildman–Crippen LogP) is -0.461. The topological polar surface area (TPSA) is 71.6 Å². The highest BCUT2D eigenvalue weighted by Crippen LogP contribution is 1.98. The Morgan fingerprint density at radius 2 is 2.64 bits per heavy atom. The molecule has 0 saturated carbocycles. The van der Waals surface area contributed by atoms with Crippen molar-refractivity contribution >= 4 is 10.8 Å². The predicted molar refractivity (Wildman–Crippen MR) is 38.0 cm³/mol. The third-order valence-electron chi connectivity index (χ3n) is 1.08. The van der Waals surface area contributed by atoms with Gasteiger partial charge in [0.05, 0.1) is 16.9 Å². The number of rotatable bonds is 2. The van der Waals surface area contributed by atoms with Crippen LogP contribution in [0.1, 0.15) is 0 Å². The van der Waals surface area contributed by atoms with E-state index in [0.717, 1.165) is 0 Å².